The van der Waals surface area contributed by atoms with Crippen molar-refractivity contribution in [2.24, 2.45) is 11.8 Å². The van der Waals surface area contributed by atoms with Crippen molar-refractivity contribution in [3.8, 4) is 5.75 Å². The van der Waals surface area contributed by atoms with E-state index >= 15 is 0 Å². The van der Waals surface area contributed by atoms with E-state index in [1.165, 1.54) is 24.0 Å². The molecule has 2 aromatic rings. The Hall–Kier alpha value is -6.04. The zero-order chi connectivity index (χ0) is 46.2. The number of hydrogen-bond acceptors (Lipinski definition) is 11. The molecule has 0 radical (unpaired) electrons. The number of aliphatic hydroxyl groups is 1. The number of nitrogens with one attached hydrogen (secondary N) is 6. The first-order valence-electron chi connectivity index (χ1n) is 21.7. The first-order chi connectivity index (χ1) is 29.9. The third-order valence-corrected chi connectivity index (χ3v) is 10.8. The number of carbonyl (C=O) groups excluding carboxylic acids is 8. The summed E-state index contributed by atoms with van der Waals surface area (Å²) in [6.45, 7) is 7.65. The molecule has 2 fully saturated rings. The Morgan fingerprint density at radius 2 is 1.51 bits per heavy atom. The zero-order valence-electron chi connectivity index (χ0n) is 36.7. The molecule has 344 valence electrons. The van der Waals surface area contributed by atoms with Gasteiger partial charge < -0.3 is 51.8 Å². The summed E-state index contributed by atoms with van der Waals surface area (Å²) in [4.78, 5) is 111. The average Bonchev–Trinajstić information content (AvgIpc) is 3.73. The molecule has 2 aliphatic heterocycles. The summed E-state index contributed by atoms with van der Waals surface area (Å²) in [5.41, 5.74) is 1.21. The first-order valence-corrected chi connectivity index (χ1v) is 21.7. The van der Waals surface area contributed by atoms with Crippen LogP contribution in [0.2, 0.25) is 0 Å². The Morgan fingerprint density at radius 3 is 2.16 bits per heavy atom. The molecule has 2 saturated heterocycles. The second kappa shape index (κ2) is 24.0. The number of fused-ring (bicyclic) bond motifs is 1. The lowest BCUT2D eigenvalue weighted by Crippen LogP contribution is -2.61. The van der Waals surface area contributed by atoms with Crippen molar-refractivity contribution in [1.29, 1.82) is 0 Å². The van der Waals surface area contributed by atoms with Gasteiger partial charge in [0.2, 0.25) is 41.4 Å². The molecular formula is C45H63N7O11. The second-order valence-electron chi connectivity index (χ2n) is 17.1. The van der Waals surface area contributed by atoms with Gasteiger partial charge in [0, 0.05) is 25.8 Å². The van der Waals surface area contributed by atoms with Gasteiger partial charge in [-0.05, 0) is 67.7 Å². The molecule has 2 aliphatic rings. The molecule has 63 heavy (non-hydrogen) atoms. The third-order valence-electron chi connectivity index (χ3n) is 10.8. The number of aromatic hydroxyl groups is 1. The van der Waals surface area contributed by atoms with Crippen LogP contribution in [0.4, 0.5) is 0 Å². The Morgan fingerprint density at radius 1 is 0.825 bits per heavy atom. The summed E-state index contributed by atoms with van der Waals surface area (Å²) in [5, 5.41) is 36.0. The van der Waals surface area contributed by atoms with Crippen molar-refractivity contribution in [2.45, 2.75) is 128 Å². The van der Waals surface area contributed by atoms with Crippen LogP contribution in [0.1, 0.15) is 84.3 Å². The minimum absolute atomic E-state index is 0.0136. The number of nitrogens with zero attached hydrogens (tertiary/aromatic N) is 1. The number of hydrogen-bond donors (Lipinski definition) is 8. The maximum atomic E-state index is 14.3. The van der Waals surface area contributed by atoms with Crippen molar-refractivity contribution in [2.75, 3.05) is 19.7 Å². The van der Waals surface area contributed by atoms with Gasteiger partial charge in [0.25, 0.3) is 0 Å². The minimum atomic E-state index is -1.66. The smallest absolute Gasteiger partial charge is 0.325 e. The van der Waals surface area contributed by atoms with Crippen LogP contribution in [0.5, 0.6) is 5.75 Å². The highest BCUT2D eigenvalue weighted by molar-refractivity contribution is 5.98. The van der Waals surface area contributed by atoms with Gasteiger partial charge in [0.05, 0.1) is 6.10 Å². The highest BCUT2D eigenvalue weighted by Gasteiger charge is 2.41. The van der Waals surface area contributed by atoms with E-state index in [0.717, 1.165) is 6.42 Å². The van der Waals surface area contributed by atoms with E-state index < -0.39 is 103 Å². The monoisotopic (exact) mass is 877 g/mol. The largest absolute Gasteiger partial charge is 0.508 e. The highest BCUT2D eigenvalue weighted by Crippen LogP contribution is 2.21. The maximum Gasteiger partial charge on any atom is 0.325 e. The van der Waals surface area contributed by atoms with Crippen molar-refractivity contribution >= 4 is 47.3 Å². The van der Waals surface area contributed by atoms with E-state index in [1.54, 1.807) is 42.5 Å². The van der Waals surface area contributed by atoms with Crippen LogP contribution in [-0.2, 0) is 55.9 Å². The summed E-state index contributed by atoms with van der Waals surface area (Å²) in [6, 6.07) is 6.81. The predicted molar refractivity (Wildman–Crippen MR) is 230 cm³/mol. The van der Waals surface area contributed by atoms with Crippen LogP contribution >= 0.6 is 0 Å². The summed E-state index contributed by atoms with van der Waals surface area (Å²) in [6.07, 6.45) is 0.787. The van der Waals surface area contributed by atoms with Gasteiger partial charge in [0.1, 0.15) is 55.2 Å². The Balaban J connectivity index is 1.71. The van der Waals surface area contributed by atoms with Crippen molar-refractivity contribution in [3.05, 3.63) is 65.7 Å². The number of esters is 1. The summed E-state index contributed by atoms with van der Waals surface area (Å²) in [7, 11) is 0. The molecule has 18 heteroatoms. The second-order valence-corrected chi connectivity index (χ2v) is 17.1. The molecule has 0 unspecified atom stereocenters. The van der Waals surface area contributed by atoms with E-state index in [-0.39, 0.29) is 50.3 Å². The molecule has 7 amide bonds. The molecule has 0 spiro atoms. The molecular weight excluding hydrogens is 815 g/mol. The summed E-state index contributed by atoms with van der Waals surface area (Å²) in [5.74, 6) is -5.95. The lowest BCUT2D eigenvalue weighted by Gasteiger charge is -2.31. The standard InChI is InChI=1S/C45H63N7O11/c1-26(2)11-9-15-37(55)47-32(23-30-16-18-31(54)19-17-30)40(57)50-35-25-63-38(56)24-46-44(61)39(28(5)53)51-43(60)36-14-10-20-52(36)45(62)34(21-27(3)4)49-41(58)33(48-42(35)59)22-29-12-7-6-8-13-29/h6-8,12-13,16-19,26-28,32-36,39,53-54H,9-11,14-15,20-25H2,1-5H3,(H,46,61)(H,47,55)(H,48,59)(H,49,58)(H,50,57)(H,51,60)/t28-,32+,33+,34-,35-,36+,39+/m1/s1. The molecule has 0 aromatic heterocycles. The van der Waals surface area contributed by atoms with Crippen molar-refractivity contribution < 1.29 is 53.3 Å². The number of cyclic esters (lactones) is 1. The van der Waals surface area contributed by atoms with Gasteiger partial charge in [-0.1, -0.05) is 76.6 Å². The molecule has 18 nitrogen and oxygen atoms in total. The number of phenolic OH excluding ortho intramolecular Hbond substituents is 1. The van der Waals surface area contributed by atoms with Gasteiger partial charge in [-0.2, -0.15) is 0 Å². The van der Waals surface area contributed by atoms with Gasteiger partial charge in [-0.15, -0.1) is 0 Å². The van der Waals surface area contributed by atoms with Crippen LogP contribution in [0.3, 0.4) is 0 Å². The SMILES string of the molecule is CC(C)CCCC(=O)N[C@@H](Cc1ccc(O)cc1)C(=O)N[C@@H]1COC(=O)CNC(=O)[C@H]([C@@H](C)O)NC(=O)[C@@H]2CCCN2C(=O)[C@@H](CC(C)C)NC(=O)[C@H](Cc2ccccc2)NC1=O. The van der Waals surface area contributed by atoms with Crippen LogP contribution in [0.15, 0.2) is 54.6 Å². The lowest BCUT2D eigenvalue weighted by molar-refractivity contribution is -0.147. The van der Waals surface area contributed by atoms with Gasteiger partial charge in [-0.3, -0.25) is 38.4 Å². The fourth-order valence-electron chi connectivity index (χ4n) is 7.42. The molecule has 0 saturated carbocycles. The Kier molecular flexibility index (Phi) is 18.9. The number of carbonyl (C=O) groups is 8. The number of phenols is 1. The van der Waals surface area contributed by atoms with E-state index in [4.69, 9.17) is 4.74 Å². The topological polar surface area (TPSA) is 262 Å². The lowest BCUT2D eigenvalue weighted by atomic mass is 10.00. The van der Waals surface area contributed by atoms with E-state index in [2.05, 4.69) is 31.9 Å². The Labute approximate surface area is 368 Å². The normalized spacial score (nSPS) is 22.9. The predicted octanol–water partition coefficient (Wildman–Crippen LogP) is 0.519. The highest BCUT2D eigenvalue weighted by atomic mass is 16.5. The molecule has 4 rings (SSSR count). The molecule has 0 bridgehead atoms. The first kappa shape index (κ1) is 49.6. The van der Waals surface area contributed by atoms with Crippen LogP contribution in [-0.4, -0.2) is 124 Å². The van der Waals surface area contributed by atoms with Gasteiger partial charge in [0.15, 0.2) is 0 Å². The number of aliphatic hydroxyl groups excluding tert-OH is 1. The van der Waals surface area contributed by atoms with E-state index in [9.17, 15) is 48.6 Å². The minimum Gasteiger partial charge on any atom is -0.508 e. The van der Waals surface area contributed by atoms with Crippen molar-refractivity contribution in [1.82, 2.24) is 36.8 Å². The molecule has 8 N–H and O–H groups in total. The van der Waals surface area contributed by atoms with Gasteiger partial charge >= 0.3 is 5.97 Å². The van der Waals surface area contributed by atoms with E-state index in [0.29, 0.717) is 29.9 Å². The van der Waals surface area contributed by atoms with Crippen LogP contribution in [0, 0.1) is 11.8 Å². The molecule has 2 heterocycles. The third kappa shape index (κ3) is 15.7. The molecule has 2 aromatic carbocycles. The summed E-state index contributed by atoms with van der Waals surface area (Å²) >= 11 is 0. The van der Waals surface area contributed by atoms with Gasteiger partial charge in [-0.25, -0.2) is 0 Å². The number of amides is 7. The number of ether oxygens (including phenoxy) is 1. The quantitative estimate of drug-likeness (QED) is 0.121. The summed E-state index contributed by atoms with van der Waals surface area (Å²) < 4.78 is 5.39. The van der Waals surface area contributed by atoms with Crippen LogP contribution in [0.25, 0.3) is 0 Å². The number of rotatable bonds is 14. The molecule has 7 atom stereocenters. The Bertz CT molecular complexity index is 1910. The fourth-order valence-corrected chi connectivity index (χ4v) is 7.42. The maximum absolute atomic E-state index is 14.3. The van der Waals surface area contributed by atoms with E-state index in [1.807, 2.05) is 27.7 Å². The number of benzene rings is 2. The van der Waals surface area contributed by atoms with Crippen LogP contribution < -0.4 is 31.9 Å². The van der Waals surface area contributed by atoms with Crippen molar-refractivity contribution in [3.63, 3.8) is 0 Å². The average molecular weight is 878 g/mol. The molecule has 0 aliphatic carbocycles. The zero-order valence-corrected chi connectivity index (χ0v) is 36.7. The fraction of sp³-hybridized carbons (Fsp3) is 0.556.